The minimum Gasteiger partial charge on any atom is -0.495 e. The van der Waals surface area contributed by atoms with Gasteiger partial charge in [0.25, 0.3) is 15.7 Å². The van der Waals surface area contributed by atoms with Gasteiger partial charge in [0.1, 0.15) is 10.6 Å². The van der Waals surface area contributed by atoms with Crippen LogP contribution in [0.15, 0.2) is 52.5 Å². The van der Waals surface area contributed by atoms with Crippen LogP contribution < -0.4 is 14.9 Å². The number of hydrogen-bond acceptors (Lipinski definition) is 7. The first-order chi connectivity index (χ1) is 13.8. The van der Waals surface area contributed by atoms with E-state index in [4.69, 9.17) is 4.74 Å². The van der Waals surface area contributed by atoms with Gasteiger partial charge in [-0.25, -0.2) is 8.42 Å². The fourth-order valence-corrected chi connectivity index (χ4v) is 3.83. The SMILES string of the molecule is CCC(/C=N\Nc1ccc([N+](=O)[O-])cc1S(=O)(=O)Nc1ccccc1OC)CC. The first-order valence-electron chi connectivity index (χ1n) is 9.05. The third-order valence-electron chi connectivity index (χ3n) is 4.34. The van der Waals surface area contributed by atoms with E-state index in [2.05, 4.69) is 15.2 Å². The molecule has 0 amide bonds. The summed E-state index contributed by atoms with van der Waals surface area (Å²) in [6, 6.07) is 10.0. The van der Waals surface area contributed by atoms with Crippen molar-refractivity contribution in [3.8, 4) is 5.75 Å². The third kappa shape index (κ3) is 5.67. The quantitative estimate of drug-likeness (QED) is 0.337. The number of ether oxygens (including phenoxy) is 1. The van der Waals surface area contributed by atoms with E-state index in [1.807, 2.05) is 13.8 Å². The van der Waals surface area contributed by atoms with Gasteiger partial charge in [-0.2, -0.15) is 5.10 Å². The number of non-ortho nitro benzene ring substituents is 1. The van der Waals surface area contributed by atoms with Crippen molar-refractivity contribution in [2.45, 2.75) is 31.6 Å². The smallest absolute Gasteiger partial charge is 0.270 e. The highest BCUT2D eigenvalue weighted by atomic mass is 32.2. The highest BCUT2D eigenvalue weighted by Gasteiger charge is 2.23. The number of nitrogens with one attached hydrogen (secondary N) is 2. The van der Waals surface area contributed by atoms with Crippen molar-refractivity contribution in [3.05, 3.63) is 52.6 Å². The number of methoxy groups -OCH3 is 1. The molecule has 0 heterocycles. The molecule has 0 spiro atoms. The van der Waals surface area contributed by atoms with Gasteiger partial charge in [-0.05, 0) is 37.0 Å². The Bertz CT molecular complexity index is 988. The van der Waals surface area contributed by atoms with Gasteiger partial charge >= 0.3 is 0 Å². The van der Waals surface area contributed by atoms with Crippen molar-refractivity contribution in [1.29, 1.82) is 0 Å². The molecule has 2 N–H and O–H groups in total. The van der Waals surface area contributed by atoms with E-state index in [1.165, 1.54) is 25.3 Å². The summed E-state index contributed by atoms with van der Waals surface area (Å²) >= 11 is 0. The lowest BCUT2D eigenvalue weighted by Gasteiger charge is -2.14. The predicted molar refractivity (Wildman–Crippen MR) is 113 cm³/mol. The van der Waals surface area contributed by atoms with Crippen LogP contribution in [-0.2, 0) is 10.0 Å². The molecule has 2 aromatic rings. The van der Waals surface area contributed by atoms with Crippen LogP contribution in [-0.4, -0.2) is 26.7 Å². The fourth-order valence-electron chi connectivity index (χ4n) is 2.58. The Kier molecular flexibility index (Phi) is 7.54. The van der Waals surface area contributed by atoms with Crippen LogP contribution in [0.25, 0.3) is 0 Å². The number of para-hydroxylation sites is 2. The van der Waals surface area contributed by atoms with Gasteiger partial charge in [0.05, 0.1) is 23.4 Å². The van der Waals surface area contributed by atoms with Crippen molar-refractivity contribution >= 4 is 33.3 Å². The van der Waals surface area contributed by atoms with Crippen LogP contribution in [0.4, 0.5) is 17.1 Å². The molecule has 0 aliphatic heterocycles. The summed E-state index contributed by atoms with van der Waals surface area (Å²) < 4.78 is 33.6. The van der Waals surface area contributed by atoms with Crippen LogP contribution in [0.2, 0.25) is 0 Å². The second-order valence-corrected chi connectivity index (χ2v) is 7.86. The van der Waals surface area contributed by atoms with Crippen LogP contribution in [0, 0.1) is 16.0 Å². The molecule has 156 valence electrons. The lowest BCUT2D eigenvalue weighted by Crippen LogP contribution is -2.15. The summed E-state index contributed by atoms with van der Waals surface area (Å²) in [5.74, 6) is 0.565. The Morgan fingerprint density at radius 1 is 1.17 bits per heavy atom. The fraction of sp³-hybridized carbons (Fsp3) is 0.316. The van der Waals surface area contributed by atoms with Crippen LogP contribution in [0.3, 0.4) is 0 Å². The minimum atomic E-state index is -4.17. The van der Waals surface area contributed by atoms with E-state index in [0.29, 0.717) is 5.75 Å². The molecule has 0 aromatic heterocycles. The summed E-state index contributed by atoms with van der Waals surface area (Å²) in [5.41, 5.74) is 2.69. The molecule has 0 saturated heterocycles. The van der Waals surface area contributed by atoms with Crippen LogP contribution in [0.5, 0.6) is 5.75 Å². The van der Waals surface area contributed by atoms with Crippen molar-refractivity contribution in [3.63, 3.8) is 0 Å². The molecule has 9 nitrogen and oxygen atoms in total. The average molecular weight is 420 g/mol. The Balaban J connectivity index is 2.44. The van der Waals surface area contributed by atoms with Gasteiger partial charge in [-0.15, -0.1) is 0 Å². The second kappa shape index (κ2) is 9.87. The van der Waals surface area contributed by atoms with E-state index in [0.717, 1.165) is 18.9 Å². The number of nitrogens with zero attached hydrogens (tertiary/aromatic N) is 2. The van der Waals surface area contributed by atoms with E-state index in [9.17, 15) is 18.5 Å². The normalized spacial score (nSPS) is 11.6. The molecule has 0 atom stereocenters. The first-order valence-corrected chi connectivity index (χ1v) is 10.5. The van der Waals surface area contributed by atoms with Crippen LogP contribution in [0.1, 0.15) is 26.7 Å². The molecule has 0 aliphatic rings. The first kappa shape index (κ1) is 22.2. The number of nitro benzene ring substituents is 1. The molecular formula is C19H24N4O5S. The van der Waals surface area contributed by atoms with Gasteiger partial charge in [0.2, 0.25) is 0 Å². The van der Waals surface area contributed by atoms with Crippen LogP contribution >= 0.6 is 0 Å². The van der Waals surface area contributed by atoms with Gasteiger partial charge < -0.3 is 4.74 Å². The lowest BCUT2D eigenvalue weighted by molar-refractivity contribution is -0.385. The molecule has 0 unspecified atom stereocenters. The van der Waals surface area contributed by atoms with Gasteiger partial charge in [-0.1, -0.05) is 26.0 Å². The summed E-state index contributed by atoms with van der Waals surface area (Å²) in [5, 5.41) is 15.3. The lowest BCUT2D eigenvalue weighted by atomic mass is 10.1. The standard InChI is InChI=1S/C19H24N4O5S/c1-4-14(5-2)13-20-21-17-11-10-15(23(24)25)12-19(17)29(26,27)22-16-8-6-7-9-18(16)28-3/h6-14,21-22H,4-5H2,1-3H3/b20-13-. The number of anilines is 2. The van der Waals surface area contributed by atoms with Crippen molar-refractivity contribution in [2.75, 3.05) is 17.3 Å². The number of sulfonamides is 1. The Morgan fingerprint density at radius 2 is 1.86 bits per heavy atom. The minimum absolute atomic E-state index is 0.125. The summed E-state index contributed by atoms with van der Waals surface area (Å²) in [6.45, 7) is 4.05. The van der Waals surface area contributed by atoms with Gasteiger partial charge in [0, 0.05) is 18.3 Å². The zero-order valence-corrected chi connectivity index (χ0v) is 17.3. The monoisotopic (exact) mass is 420 g/mol. The molecule has 0 saturated carbocycles. The maximum Gasteiger partial charge on any atom is 0.270 e. The molecule has 2 rings (SSSR count). The van der Waals surface area contributed by atoms with E-state index in [-0.39, 0.29) is 27.9 Å². The molecule has 0 bridgehead atoms. The second-order valence-electron chi connectivity index (χ2n) is 6.21. The molecule has 0 aliphatic carbocycles. The Labute approximate surface area is 170 Å². The number of rotatable bonds is 10. The maximum absolute atomic E-state index is 13.0. The van der Waals surface area contributed by atoms with E-state index < -0.39 is 14.9 Å². The molecular weight excluding hydrogens is 396 g/mol. The zero-order chi connectivity index (χ0) is 21.4. The number of hydrogen-bond donors (Lipinski definition) is 2. The summed E-state index contributed by atoms with van der Waals surface area (Å²) in [4.78, 5) is 10.2. The molecule has 29 heavy (non-hydrogen) atoms. The number of benzene rings is 2. The van der Waals surface area contributed by atoms with Crippen molar-refractivity contribution < 1.29 is 18.1 Å². The van der Waals surface area contributed by atoms with Gasteiger partial charge in [0.15, 0.2) is 0 Å². The molecule has 10 heteroatoms. The average Bonchev–Trinajstić information content (AvgIpc) is 2.71. The van der Waals surface area contributed by atoms with E-state index >= 15 is 0 Å². The maximum atomic E-state index is 13.0. The molecule has 0 fully saturated rings. The molecule has 2 aromatic carbocycles. The third-order valence-corrected chi connectivity index (χ3v) is 5.74. The predicted octanol–water partition coefficient (Wildman–Crippen LogP) is 4.24. The Hall–Kier alpha value is -3.14. The van der Waals surface area contributed by atoms with Crippen molar-refractivity contribution in [2.24, 2.45) is 11.0 Å². The highest BCUT2D eigenvalue weighted by molar-refractivity contribution is 7.93. The Morgan fingerprint density at radius 3 is 2.48 bits per heavy atom. The highest BCUT2D eigenvalue weighted by Crippen LogP contribution is 2.31. The molecule has 0 radical (unpaired) electrons. The summed E-state index contributed by atoms with van der Waals surface area (Å²) in [7, 11) is -2.75. The number of hydrazone groups is 1. The number of nitro groups is 1. The zero-order valence-electron chi connectivity index (χ0n) is 16.5. The van der Waals surface area contributed by atoms with Crippen molar-refractivity contribution in [1.82, 2.24) is 0 Å². The van der Waals surface area contributed by atoms with E-state index in [1.54, 1.807) is 24.4 Å². The van der Waals surface area contributed by atoms with Gasteiger partial charge in [-0.3, -0.25) is 20.3 Å². The topological polar surface area (TPSA) is 123 Å². The largest absolute Gasteiger partial charge is 0.495 e. The summed E-state index contributed by atoms with van der Waals surface area (Å²) in [6.07, 6.45) is 3.48.